The van der Waals surface area contributed by atoms with E-state index in [1.54, 1.807) is 6.26 Å². The first kappa shape index (κ1) is 16.0. The molecular weight excluding hydrogens is 280 g/mol. The Morgan fingerprint density at radius 3 is 2.52 bits per heavy atom. The van der Waals surface area contributed by atoms with Crippen LogP contribution < -0.4 is 5.32 Å². The van der Waals surface area contributed by atoms with Crippen LogP contribution in [0.3, 0.4) is 0 Å². The number of benzene rings is 1. The summed E-state index contributed by atoms with van der Waals surface area (Å²) in [6.07, 6.45) is 1.76. The van der Waals surface area contributed by atoms with Gasteiger partial charge in [-0.25, -0.2) is 0 Å². The van der Waals surface area contributed by atoms with Gasteiger partial charge in [0.15, 0.2) is 0 Å². The fourth-order valence-corrected chi connectivity index (χ4v) is 2.86. The number of nitrogens with zero attached hydrogens (tertiary/aromatic N) is 1. The first-order valence-corrected chi connectivity index (χ1v) is 8.89. The molecule has 0 saturated carbocycles. The molecule has 0 amide bonds. The second-order valence-electron chi connectivity index (χ2n) is 5.51. The molecule has 21 heavy (non-hydrogen) atoms. The molecule has 0 fully saturated rings. The molecule has 2 aromatic rings. The fourth-order valence-electron chi connectivity index (χ4n) is 2.51. The van der Waals surface area contributed by atoms with E-state index in [0.29, 0.717) is 0 Å². The summed E-state index contributed by atoms with van der Waals surface area (Å²) >= 11 is 0. The van der Waals surface area contributed by atoms with Crippen LogP contribution in [0.25, 0.3) is 5.69 Å². The van der Waals surface area contributed by atoms with Gasteiger partial charge in [-0.2, -0.15) is 0 Å². The number of nitrogens with one attached hydrogen (secondary N) is 1. The largest absolute Gasteiger partial charge is 0.318 e. The van der Waals surface area contributed by atoms with Gasteiger partial charge in [-0.05, 0) is 44.5 Å². The van der Waals surface area contributed by atoms with Gasteiger partial charge in [0, 0.05) is 52.5 Å². The van der Waals surface area contributed by atoms with Crippen LogP contribution in [-0.4, -0.2) is 26.8 Å². The van der Waals surface area contributed by atoms with Crippen molar-refractivity contribution in [3.63, 3.8) is 0 Å². The van der Waals surface area contributed by atoms with Crippen molar-refractivity contribution in [1.29, 1.82) is 0 Å². The van der Waals surface area contributed by atoms with Crippen molar-refractivity contribution in [3.8, 4) is 5.69 Å². The molecule has 1 heterocycles. The smallest absolute Gasteiger partial charge is 0.0455 e. The lowest BCUT2D eigenvalue weighted by Crippen LogP contribution is -2.27. The number of aryl methyl sites for hydroxylation is 1. The van der Waals surface area contributed by atoms with Crippen molar-refractivity contribution >= 4 is 10.8 Å². The average molecular weight is 304 g/mol. The van der Waals surface area contributed by atoms with Crippen molar-refractivity contribution in [1.82, 2.24) is 9.88 Å². The van der Waals surface area contributed by atoms with E-state index in [4.69, 9.17) is 0 Å². The average Bonchev–Trinajstić information content (AvgIpc) is 2.74. The molecule has 114 valence electrons. The first-order valence-electron chi connectivity index (χ1n) is 7.27. The molecule has 1 aromatic heterocycles. The van der Waals surface area contributed by atoms with Crippen LogP contribution in [0, 0.1) is 13.8 Å². The second kappa shape index (κ2) is 7.05. The normalized spacial score (nSPS) is 14.1. The summed E-state index contributed by atoms with van der Waals surface area (Å²) < 4.78 is 13.6. The summed E-state index contributed by atoms with van der Waals surface area (Å²) in [4.78, 5) is 0. The molecule has 0 aliphatic rings. The molecule has 0 saturated heterocycles. The van der Waals surface area contributed by atoms with Gasteiger partial charge < -0.3 is 9.88 Å². The van der Waals surface area contributed by atoms with Gasteiger partial charge in [0.2, 0.25) is 0 Å². The van der Waals surface area contributed by atoms with E-state index in [-0.39, 0.29) is 5.25 Å². The number of rotatable bonds is 6. The van der Waals surface area contributed by atoms with Crippen LogP contribution in [0.5, 0.6) is 0 Å². The first-order chi connectivity index (χ1) is 10.0. The molecule has 4 heteroatoms. The van der Waals surface area contributed by atoms with E-state index in [1.165, 1.54) is 22.6 Å². The van der Waals surface area contributed by atoms with Gasteiger partial charge in [0.05, 0.1) is 0 Å². The molecule has 0 aliphatic heterocycles. The summed E-state index contributed by atoms with van der Waals surface area (Å²) in [5, 5.41) is 3.59. The van der Waals surface area contributed by atoms with Crippen LogP contribution in [0.4, 0.5) is 0 Å². The summed E-state index contributed by atoms with van der Waals surface area (Å²) in [5.41, 5.74) is 4.99. The zero-order valence-electron chi connectivity index (χ0n) is 13.2. The Labute approximate surface area is 129 Å². The van der Waals surface area contributed by atoms with E-state index in [2.05, 4.69) is 54.1 Å². The summed E-state index contributed by atoms with van der Waals surface area (Å²) in [6, 6.07) is 12.6. The highest BCUT2D eigenvalue weighted by Gasteiger charge is 2.11. The molecule has 3 nitrogen and oxygen atoms in total. The highest BCUT2D eigenvalue weighted by molar-refractivity contribution is 7.84. The summed E-state index contributed by atoms with van der Waals surface area (Å²) in [6.45, 7) is 7.88. The second-order valence-corrected chi connectivity index (χ2v) is 7.31. The van der Waals surface area contributed by atoms with E-state index in [9.17, 15) is 4.21 Å². The summed E-state index contributed by atoms with van der Waals surface area (Å²) in [7, 11) is -0.770. The van der Waals surface area contributed by atoms with Crippen molar-refractivity contribution in [2.24, 2.45) is 0 Å². The van der Waals surface area contributed by atoms with Crippen molar-refractivity contribution < 1.29 is 4.21 Å². The SMILES string of the molecule is Cc1cc(CNCC(C)S(C)=O)c(C)n1-c1ccccc1. The molecule has 1 aromatic carbocycles. The lowest BCUT2D eigenvalue weighted by Gasteiger charge is -2.11. The predicted octanol–water partition coefficient (Wildman–Crippen LogP) is 2.95. The molecule has 0 radical (unpaired) electrons. The molecular formula is C17H24N2OS. The molecule has 1 N–H and O–H groups in total. The van der Waals surface area contributed by atoms with Crippen LogP contribution in [0.15, 0.2) is 36.4 Å². The maximum absolute atomic E-state index is 11.4. The van der Waals surface area contributed by atoms with Gasteiger partial charge in [0.1, 0.15) is 0 Å². The number of aromatic nitrogens is 1. The third kappa shape index (κ3) is 3.83. The van der Waals surface area contributed by atoms with Gasteiger partial charge in [-0.1, -0.05) is 18.2 Å². The van der Waals surface area contributed by atoms with Gasteiger partial charge in [-0.3, -0.25) is 4.21 Å². The van der Waals surface area contributed by atoms with Crippen molar-refractivity contribution in [2.45, 2.75) is 32.6 Å². The Morgan fingerprint density at radius 1 is 1.24 bits per heavy atom. The molecule has 2 unspecified atom stereocenters. The summed E-state index contributed by atoms with van der Waals surface area (Å²) in [5.74, 6) is 0. The molecule has 2 rings (SSSR count). The zero-order chi connectivity index (χ0) is 15.4. The highest BCUT2D eigenvalue weighted by atomic mass is 32.2. The Balaban J connectivity index is 2.11. The minimum absolute atomic E-state index is 0.183. The number of hydrogen-bond acceptors (Lipinski definition) is 2. The Hall–Kier alpha value is -1.39. The lowest BCUT2D eigenvalue weighted by atomic mass is 10.2. The number of para-hydroxylation sites is 1. The Bertz CT molecular complexity index is 619. The minimum atomic E-state index is -0.770. The fraction of sp³-hybridized carbons (Fsp3) is 0.412. The van der Waals surface area contributed by atoms with Crippen LogP contribution in [-0.2, 0) is 17.3 Å². The third-order valence-corrected chi connectivity index (χ3v) is 5.16. The number of hydrogen-bond donors (Lipinski definition) is 1. The van der Waals surface area contributed by atoms with E-state index < -0.39 is 10.8 Å². The Morgan fingerprint density at radius 2 is 1.90 bits per heavy atom. The molecule has 0 aliphatic carbocycles. The van der Waals surface area contributed by atoms with E-state index in [0.717, 1.165) is 13.1 Å². The minimum Gasteiger partial charge on any atom is -0.318 e. The molecule has 0 bridgehead atoms. The van der Waals surface area contributed by atoms with E-state index in [1.807, 2.05) is 13.0 Å². The van der Waals surface area contributed by atoms with Crippen molar-refractivity contribution in [2.75, 3.05) is 12.8 Å². The van der Waals surface area contributed by atoms with Gasteiger partial charge in [0.25, 0.3) is 0 Å². The lowest BCUT2D eigenvalue weighted by molar-refractivity contribution is 0.646. The van der Waals surface area contributed by atoms with Crippen LogP contribution in [0.2, 0.25) is 0 Å². The predicted molar refractivity (Wildman–Crippen MR) is 90.5 cm³/mol. The monoisotopic (exact) mass is 304 g/mol. The zero-order valence-corrected chi connectivity index (χ0v) is 14.0. The molecule has 0 spiro atoms. The third-order valence-electron chi connectivity index (χ3n) is 3.86. The maximum atomic E-state index is 11.4. The maximum Gasteiger partial charge on any atom is 0.0455 e. The van der Waals surface area contributed by atoms with Gasteiger partial charge >= 0.3 is 0 Å². The quantitative estimate of drug-likeness (QED) is 0.890. The highest BCUT2D eigenvalue weighted by Crippen LogP contribution is 2.20. The Kier molecular flexibility index (Phi) is 5.37. The topological polar surface area (TPSA) is 34.0 Å². The van der Waals surface area contributed by atoms with Crippen LogP contribution >= 0.6 is 0 Å². The standard InChI is InChI=1S/C17H24N2OS/c1-13-10-16(12-18-11-14(2)21(4)20)15(3)19(13)17-8-6-5-7-9-17/h5-10,14,18H,11-12H2,1-4H3. The van der Waals surface area contributed by atoms with Gasteiger partial charge in [-0.15, -0.1) is 0 Å². The van der Waals surface area contributed by atoms with Crippen LogP contribution in [0.1, 0.15) is 23.9 Å². The molecule has 2 atom stereocenters. The van der Waals surface area contributed by atoms with Crippen molar-refractivity contribution in [3.05, 3.63) is 53.3 Å². The van der Waals surface area contributed by atoms with E-state index >= 15 is 0 Å².